The molecule has 2 rings (SSSR count). The summed E-state index contributed by atoms with van der Waals surface area (Å²) in [4.78, 5) is 10.7. The molecule has 1 aromatic rings. The fourth-order valence-corrected chi connectivity index (χ4v) is 5.29. The lowest BCUT2D eigenvalue weighted by molar-refractivity contribution is -0.140. The van der Waals surface area contributed by atoms with Crippen LogP contribution in [0.2, 0.25) is 15.1 Å². The molecule has 0 aliphatic carbocycles. The van der Waals surface area contributed by atoms with Crippen molar-refractivity contribution in [2.24, 2.45) is 0 Å². The molecule has 1 aliphatic heterocycles. The van der Waals surface area contributed by atoms with Gasteiger partial charge in [-0.15, -0.1) is 0 Å². The number of benzene rings is 1. The van der Waals surface area contributed by atoms with E-state index in [9.17, 15) is 18.3 Å². The zero-order valence-corrected chi connectivity index (χ0v) is 13.4. The largest absolute Gasteiger partial charge is 0.480 e. The quantitative estimate of drug-likeness (QED) is 0.842. The Bertz CT molecular complexity index is 670. The van der Waals surface area contributed by atoms with Crippen molar-refractivity contribution < 1.29 is 23.4 Å². The molecule has 1 saturated heterocycles. The van der Waals surface area contributed by atoms with Gasteiger partial charge in [-0.1, -0.05) is 34.8 Å². The Morgan fingerprint density at radius 1 is 1.24 bits per heavy atom. The van der Waals surface area contributed by atoms with Gasteiger partial charge in [0.25, 0.3) is 0 Å². The summed E-state index contributed by atoms with van der Waals surface area (Å²) in [5, 5.41) is 18.4. The third-order valence-electron chi connectivity index (χ3n) is 3.05. The summed E-state index contributed by atoms with van der Waals surface area (Å²) in [7, 11) is -4.27. The number of aliphatic hydroxyl groups excluding tert-OH is 1. The number of sulfonamides is 1. The van der Waals surface area contributed by atoms with Crippen LogP contribution in [0.15, 0.2) is 17.0 Å². The third kappa shape index (κ3) is 3.13. The summed E-state index contributed by atoms with van der Waals surface area (Å²) in [6.07, 6.45) is -1.26. The Morgan fingerprint density at radius 3 is 2.24 bits per heavy atom. The molecule has 10 heteroatoms. The van der Waals surface area contributed by atoms with Crippen molar-refractivity contribution in [2.45, 2.75) is 23.5 Å². The maximum Gasteiger partial charge on any atom is 0.322 e. The number of carboxylic acid groups (broad SMARTS) is 1. The molecule has 0 aromatic heterocycles. The molecule has 116 valence electrons. The van der Waals surface area contributed by atoms with Crippen molar-refractivity contribution in [2.75, 3.05) is 6.54 Å². The van der Waals surface area contributed by atoms with Gasteiger partial charge < -0.3 is 10.2 Å². The van der Waals surface area contributed by atoms with Gasteiger partial charge in [-0.2, -0.15) is 4.31 Å². The molecule has 0 bridgehead atoms. The van der Waals surface area contributed by atoms with Gasteiger partial charge in [0, 0.05) is 18.0 Å². The molecule has 0 radical (unpaired) electrons. The molecule has 2 atom stereocenters. The van der Waals surface area contributed by atoms with Crippen LogP contribution in [0.25, 0.3) is 0 Å². The first-order valence-corrected chi connectivity index (χ1v) is 8.29. The van der Waals surface area contributed by atoms with Crippen molar-refractivity contribution in [3.05, 3.63) is 27.2 Å². The van der Waals surface area contributed by atoms with E-state index in [1.54, 1.807) is 0 Å². The van der Waals surface area contributed by atoms with E-state index < -0.39 is 33.0 Å². The van der Waals surface area contributed by atoms with Crippen LogP contribution in [0.4, 0.5) is 0 Å². The SMILES string of the molecule is O=C(O)[C@@H]1C[C@@H](O)CN1S(=O)(=O)c1c(Cl)cc(Cl)cc1Cl. The second-order valence-corrected chi connectivity index (χ2v) is 7.60. The van der Waals surface area contributed by atoms with Gasteiger partial charge in [0.1, 0.15) is 10.9 Å². The summed E-state index contributed by atoms with van der Waals surface area (Å²) in [5.41, 5.74) is 0. The highest BCUT2D eigenvalue weighted by Crippen LogP contribution is 2.37. The van der Waals surface area contributed by atoms with Gasteiger partial charge in [-0.25, -0.2) is 8.42 Å². The summed E-state index contributed by atoms with van der Waals surface area (Å²) in [6.45, 7) is -0.339. The maximum atomic E-state index is 12.6. The van der Waals surface area contributed by atoms with Crippen molar-refractivity contribution >= 4 is 50.8 Å². The number of carboxylic acids is 1. The van der Waals surface area contributed by atoms with Gasteiger partial charge >= 0.3 is 5.97 Å². The smallest absolute Gasteiger partial charge is 0.322 e. The van der Waals surface area contributed by atoms with Gasteiger partial charge in [0.05, 0.1) is 16.1 Å². The van der Waals surface area contributed by atoms with Crippen LogP contribution in [0.5, 0.6) is 0 Å². The van der Waals surface area contributed by atoms with Crippen LogP contribution >= 0.6 is 34.8 Å². The first-order chi connectivity index (χ1) is 9.64. The van der Waals surface area contributed by atoms with E-state index in [0.717, 1.165) is 0 Å². The first kappa shape index (κ1) is 16.8. The standard InChI is InChI=1S/C11H10Cl3NO5S/c12-5-1-7(13)10(8(14)2-5)21(19,20)15-4-6(16)3-9(15)11(17)18/h1-2,6,9,16H,3-4H2,(H,17,18)/t6-,9+/m1/s1. The Kier molecular flexibility index (Phi) is 4.72. The monoisotopic (exact) mass is 373 g/mol. The van der Waals surface area contributed by atoms with Crippen molar-refractivity contribution in [3.63, 3.8) is 0 Å². The van der Waals surface area contributed by atoms with Crippen molar-refractivity contribution in [3.8, 4) is 0 Å². The maximum absolute atomic E-state index is 12.6. The van der Waals surface area contributed by atoms with Crippen LogP contribution in [0.3, 0.4) is 0 Å². The minimum Gasteiger partial charge on any atom is -0.480 e. The lowest BCUT2D eigenvalue weighted by Crippen LogP contribution is -2.40. The second-order valence-electron chi connectivity index (χ2n) is 4.52. The number of hydrogen-bond donors (Lipinski definition) is 2. The number of rotatable bonds is 3. The number of β-amino-alcohol motifs (C(OH)–C–C–N with tert-alkyl or cyclic N) is 1. The lowest BCUT2D eigenvalue weighted by atomic mass is 10.2. The molecule has 1 fully saturated rings. The fourth-order valence-electron chi connectivity index (χ4n) is 2.17. The summed E-state index contributed by atoms with van der Waals surface area (Å²) in [6, 6.07) is 1.03. The minimum atomic E-state index is -4.27. The molecule has 6 nitrogen and oxygen atoms in total. The highest BCUT2D eigenvalue weighted by atomic mass is 35.5. The Balaban J connectivity index is 2.55. The van der Waals surface area contributed by atoms with E-state index >= 15 is 0 Å². The highest BCUT2D eigenvalue weighted by molar-refractivity contribution is 7.89. The van der Waals surface area contributed by atoms with Gasteiger partial charge in [0.15, 0.2) is 0 Å². The van der Waals surface area contributed by atoms with E-state index in [2.05, 4.69) is 0 Å². The normalized spacial score (nSPS) is 23.4. The second kappa shape index (κ2) is 5.91. The third-order valence-corrected chi connectivity index (χ3v) is 6.06. The van der Waals surface area contributed by atoms with Gasteiger partial charge in [0.2, 0.25) is 10.0 Å². The Hall–Kier alpha value is -0.570. The van der Waals surface area contributed by atoms with Crippen molar-refractivity contribution in [1.29, 1.82) is 0 Å². The number of aliphatic hydroxyl groups is 1. The average Bonchev–Trinajstić information content (AvgIpc) is 2.70. The predicted molar refractivity (Wildman–Crippen MR) is 77.4 cm³/mol. The molecule has 21 heavy (non-hydrogen) atoms. The highest BCUT2D eigenvalue weighted by Gasteiger charge is 2.44. The molecule has 0 saturated carbocycles. The van der Waals surface area contributed by atoms with E-state index in [1.165, 1.54) is 12.1 Å². The molecule has 1 heterocycles. The van der Waals surface area contributed by atoms with Crippen LogP contribution in [0.1, 0.15) is 6.42 Å². The van der Waals surface area contributed by atoms with E-state index in [4.69, 9.17) is 39.9 Å². The van der Waals surface area contributed by atoms with E-state index in [-0.39, 0.29) is 28.0 Å². The summed E-state index contributed by atoms with van der Waals surface area (Å²) < 4.78 is 25.9. The van der Waals surface area contributed by atoms with Crippen LogP contribution in [-0.4, -0.2) is 47.6 Å². The molecular formula is C11H10Cl3NO5S. The zero-order chi connectivity index (χ0) is 15.9. The van der Waals surface area contributed by atoms with Crippen molar-refractivity contribution in [1.82, 2.24) is 4.31 Å². The molecule has 0 spiro atoms. The van der Waals surface area contributed by atoms with Crippen LogP contribution in [-0.2, 0) is 14.8 Å². The molecule has 1 aliphatic rings. The predicted octanol–water partition coefficient (Wildman–Crippen LogP) is 1.86. The fraction of sp³-hybridized carbons (Fsp3) is 0.364. The minimum absolute atomic E-state index is 0.153. The van der Waals surface area contributed by atoms with Gasteiger partial charge in [-0.05, 0) is 12.1 Å². The van der Waals surface area contributed by atoms with E-state index in [1.807, 2.05) is 0 Å². The van der Waals surface area contributed by atoms with Gasteiger partial charge in [-0.3, -0.25) is 4.79 Å². The Morgan fingerprint density at radius 2 is 1.76 bits per heavy atom. The Labute approximate surface area is 135 Å². The molecule has 0 amide bonds. The lowest BCUT2D eigenvalue weighted by Gasteiger charge is -2.22. The molecule has 1 aromatic carbocycles. The molecule has 2 N–H and O–H groups in total. The number of aliphatic carboxylic acids is 1. The first-order valence-electron chi connectivity index (χ1n) is 5.72. The molecular weight excluding hydrogens is 365 g/mol. The zero-order valence-electron chi connectivity index (χ0n) is 10.3. The van der Waals surface area contributed by atoms with Crippen LogP contribution in [0, 0.1) is 0 Å². The van der Waals surface area contributed by atoms with E-state index in [0.29, 0.717) is 4.31 Å². The number of nitrogens with zero attached hydrogens (tertiary/aromatic N) is 1. The number of carbonyl (C=O) groups is 1. The summed E-state index contributed by atoms with van der Waals surface area (Å²) in [5.74, 6) is -1.35. The molecule has 0 unspecified atom stereocenters. The van der Waals surface area contributed by atoms with Crippen LogP contribution < -0.4 is 0 Å². The summed E-state index contributed by atoms with van der Waals surface area (Å²) >= 11 is 17.5. The number of halogens is 3. The topological polar surface area (TPSA) is 94.9 Å². The average molecular weight is 375 g/mol. The number of hydrogen-bond acceptors (Lipinski definition) is 4.